The molecule has 2 atom stereocenters. The maximum atomic E-state index is 14.3. The van der Waals surface area contributed by atoms with Crippen molar-refractivity contribution in [2.75, 3.05) is 18.0 Å². The van der Waals surface area contributed by atoms with E-state index in [1.807, 2.05) is 6.07 Å². The zero-order valence-corrected chi connectivity index (χ0v) is 12.7. The lowest BCUT2D eigenvalue weighted by molar-refractivity contribution is 0.528. The van der Waals surface area contributed by atoms with Crippen LogP contribution < -0.4 is 10.6 Å². The highest BCUT2D eigenvalue weighted by molar-refractivity contribution is 5.56. The Kier molecular flexibility index (Phi) is 5.41. The second-order valence-electron chi connectivity index (χ2n) is 6.01. The molecule has 0 amide bonds. The van der Waals surface area contributed by atoms with Crippen LogP contribution in [0.4, 0.5) is 10.1 Å². The number of rotatable bonds is 6. The monoisotopic (exact) mass is 278 g/mol. The summed E-state index contributed by atoms with van der Waals surface area (Å²) in [6, 6.07) is 5.52. The molecule has 1 aromatic carbocycles. The summed E-state index contributed by atoms with van der Waals surface area (Å²) in [5, 5.41) is 0. The zero-order chi connectivity index (χ0) is 14.5. The molecule has 3 heteroatoms. The fourth-order valence-electron chi connectivity index (χ4n) is 3.19. The number of benzene rings is 1. The predicted molar refractivity (Wildman–Crippen MR) is 83.6 cm³/mol. The van der Waals surface area contributed by atoms with Gasteiger partial charge in [-0.05, 0) is 43.2 Å². The van der Waals surface area contributed by atoms with E-state index in [1.165, 1.54) is 19.3 Å². The van der Waals surface area contributed by atoms with Crippen LogP contribution in [0.5, 0.6) is 0 Å². The molecule has 0 bridgehead atoms. The predicted octanol–water partition coefficient (Wildman–Crippen LogP) is 3.73. The van der Waals surface area contributed by atoms with Gasteiger partial charge in [-0.3, -0.25) is 0 Å². The van der Waals surface area contributed by atoms with E-state index in [0.29, 0.717) is 5.92 Å². The quantitative estimate of drug-likeness (QED) is 0.859. The van der Waals surface area contributed by atoms with Gasteiger partial charge < -0.3 is 10.6 Å². The third-order valence-corrected chi connectivity index (χ3v) is 4.38. The van der Waals surface area contributed by atoms with Gasteiger partial charge in [0.1, 0.15) is 5.82 Å². The number of hydrogen-bond donors (Lipinski definition) is 1. The lowest BCUT2D eigenvalue weighted by Crippen LogP contribution is -2.26. The number of anilines is 1. The van der Waals surface area contributed by atoms with E-state index in [1.54, 1.807) is 12.1 Å². The van der Waals surface area contributed by atoms with Gasteiger partial charge in [-0.15, -0.1) is 0 Å². The Labute approximate surface area is 122 Å². The van der Waals surface area contributed by atoms with E-state index < -0.39 is 0 Å². The van der Waals surface area contributed by atoms with Crippen molar-refractivity contribution < 1.29 is 4.39 Å². The molecule has 1 heterocycles. The molecule has 1 aliphatic rings. The lowest BCUT2D eigenvalue weighted by Gasteiger charge is -2.24. The molecule has 0 aliphatic carbocycles. The van der Waals surface area contributed by atoms with Gasteiger partial charge in [-0.1, -0.05) is 32.4 Å². The van der Waals surface area contributed by atoms with Crippen molar-refractivity contribution in [3.63, 3.8) is 0 Å². The van der Waals surface area contributed by atoms with Gasteiger partial charge in [0.2, 0.25) is 0 Å². The first-order valence-corrected chi connectivity index (χ1v) is 7.93. The smallest absolute Gasteiger partial charge is 0.146 e. The van der Waals surface area contributed by atoms with Gasteiger partial charge in [-0.2, -0.15) is 0 Å². The minimum atomic E-state index is -0.0945. The second-order valence-corrected chi connectivity index (χ2v) is 6.01. The minimum absolute atomic E-state index is 0.0945. The summed E-state index contributed by atoms with van der Waals surface area (Å²) in [5.41, 5.74) is 7.92. The van der Waals surface area contributed by atoms with E-state index >= 15 is 0 Å². The second kappa shape index (κ2) is 7.07. The number of para-hydroxylation sites is 1. The van der Waals surface area contributed by atoms with Crippen LogP contribution in [-0.4, -0.2) is 19.1 Å². The molecule has 112 valence electrons. The molecule has 2 nitrogen and oxygen atoms in total. The van der Waals surface area contributed by atoms with Crippen molar-refractivity contribution in [2.24, 2.45) is 11.7 Å². The van der Waals surface area contributed by atoms with Gasteiger partial charge in [-0.25, -0.2) is 4.39 Å². The van der Waals surface area contributed by atoms with Crippen molar-refractivity contribution in [1.82, 2.24) is 0 Å². The largest absolute Gasteiger partial charge is 0.369 e. The van der Waals surface area contributed by atoms with Crippen LogP contribution >= 0.6 is 0 Å². The summed E-state index contributed by atoms with van der Waals surface area (Å²) in [5.74, 6) is 0.621. The van der Waals surface area contributed by atoms with Crippen molar-refractivity contribution in [3.05, 3.63) is 29.6 Å². The molecular weight excluding hydrogens is 251 g/mol. The first kappa shape index (κ1) is 15.3. The molecule has 2 unspecified atom stereocenters. The number of nitrogens with two attached hydrogens (primary N) is 1. The van der Waals surface area contributed by atoms with Crippen LogP contribution in [0.15, 0.2) is 18.2 Å². The third kappa shape index (κ3) is 3.51. The summed E-state index contributed by atoms with van der Waals surface area (Å²) in [4.78, 5) is 2.23. The fourth-order valence-corrected chi connectivity index (χ4v) is 3.19. The maximum Gasteiger partial charge on any atom is 0.146 e. The van der Waals surface area contributed by atoms with E-state index in [-0.39, 0.29) is 11.9 Å². The van der Waals surface area contributed by atoms with Crippen LogP contribution in [0.3, 0.4) is 0 Å². The Morgan fingerprint density at radius 2 is 2.20 bits per heavy atom. The molecule has 0 aromatic heterocycles. The van der Waals surface area contributed by atoms with Crippen LogP contribution in [0.2, 0.25) is 0 Å². The Bertz CT molecular complexity index is 433. The molecule has 2 rings (SSSR count). The minimum Gasteiger partial charge on any atom is -0.369 e. The molecule has 2 N–H and O–H groups in total. The Balaban J connectivity index is 2.18. The molecule has 0 radical (unpaired) electrons. The van der Waals surface area contributed by atoms with Gasteiger partial charge >= 0.3 is 0 Å². The van der Waals surface area contributed by atoms with Crippen LogP contribution in [-0.2, 0) is 6.42 Å². The topological polar surface area (TPSA) is 29.3 Å². The average Bonchev–Trinajstić information content (AvgIpc) is 2.87. The molecular formula is C17H27FN2. The Morgan fingerprint density at radius 1 is 1.40 bits per heavy atom. The van der Waals surface area contributed by atoms with Gasteiger partial charge in [0.25, 0.3) is 0 Å². The third-order valence-electron chi connectivity index (χ3n) is 4.38. The van der Waals surface area contributed by atoms with E-state index in [2.05, 4.69) is 18.7 Å². The summed E-state index contributed by atoms with van der Waals surface area (Å²) in [6.07, 6.45) is 5.33. The highest BCUT2D eigenvalue weighted by atomic mass is 19.1. The molecule has 1 aliphatic heterocycles. The van der Waals surface area contributed by atoms with Crippen LogP contribution in [0, 0.1) is 11.7 Å². The lowest BCUT2D eigenvalue weighted by atomic mass is 10.0. The fraction of sp³-hybridized carbons (Fsp3) is 0.647. The molecule has 1 fully saturated rings. The van der Waals surface area contributed by atoms with E-state index in [9.17, 15) is 4.39 Å². The SMILES string of the molecule is CCCC1CCN(c2c(F)cccc2CC(N)CC)C1. The highest BCUT2D eigenvalue weighted by Crippen LogP contribution is 2.32. The van der Waals surface area contributed by atoms with Crippen molar-refractivity contribution in [3.8, 4) is 0 Å². The van der Waals surface area contributed by atoms with Gasteiger partial charge in [0.05, 0.1) is 5.69 Å². The average molecular weight is 278 g/mol. The Hall–Kier alpha value is -1.09. The van der Waals surface area contributed by atoms with Crippen molar-refractivity contribution in [1.29, 1.82) is 0 Å². The standard InChI is InChI=1S/C17H27FN2/c1-3-6-13-9-10-20(12-13)17-14(11-15(19)4-2)7-5-8-16(17)18/h5,7-8,13,15H,3-4,6,9-12,19H2,1-2H3. The van der Waals surface area contributed by atoms with Gasteiger partial charge in [0.15, 0.2) is 0 Å². The van der Waals surface area contributed by atoms with Crippen molar-refractivity contribution in [2.45, 2.75) is 52.0 Å². The van der Waals surface area contributed by atoms with Crippen molar-refractivity contribution >= 4 is 5.69 Å². The first-order valence-electron chi connectivity index (χ1n) is 7.93. The number of halogens is 1. The first-order chi connectivity index (χ1) is 9.65. The highest BCUT2D eigenvalue weighted by Gasteiger charge is 2.25. The number of nitrogens with zero attached hydrogens (tertiary/aromatic N) is 1. The summed E-state index contributed by atoms with van der Waals surface area (Å²) in [6.45, 7) is 6.26. The molecule has 1 aromatic rings. The van der Waals surface area contributed by atoms with E-state index in [4.69, 9.17) is 5.73 Å². The molecule has 1 saturated heterocycles. The van der Waals surface area contributed by atoms with Gasteiger partial charge in [0, 0.05) is 19.1 Å². The zero-order valence-electron chi connectivity index (χ0n) is 12.7. The maximum absolute atomic E-state index is 14.3. The summed E-state index contributed by atoms with van der Waals surface area (Å²) in [7, 11) is 0. The van der Waals surface area contributed by atoms with Crippen LogP contribution in [0.1, 0.15) is 45.1 Å². The van der Waals surface area contributed by atoms with E-state index in [0.717, 1.165) is 37.2 Å². The van der Waals surface area contributed by atoms with Crippen LogP contribution in [0.25, 0.3) is 0 Å². The molecule has 0 saturated carbocycles. The summed E-state index contributed by atoms with van der Waals surface area (Å²) >= 11 is 0. The summed E-state index contributed by atoms with van der Waals surface area (Å²) < 4.78 is 14.3. The normalized spacial score (nSPS) is 20.4. The molecule has 20 heavy (non-hydrogen) atoms. The Morgan fingerprint density at radius 3 is 2.90 bits per heavy atom. The number of hydrogen-bond acceptors (Lipinski definition) is 2. The molecule has 0 spiro atoms.